The van der Waals surface area contributed by atoms with Crippen molar-refractivity contribution < 1.29 is 9.34 Å². The van der Waals surface area contributed by atoms with Crippen molar-refractivity contribution in [3.8, 4) is 11.3 Å². The number of non-ortho nitro benzene ring substituents is 1. The van der Waals surface area contributed by atoms with E-state index in [1.54, 1.807) is 30.5 Å². The molecule has 0 atom stereocenters. The van der Waals surface area contributed by atoms with Gasteiger partial charge in [0.2, 0.25) is 0 Å². The zero-order chi connectivity index (χ0) is 17.4. The molecule has 0 unspecified atom stereocenters. The summed E-state index contributed by atoms with van der Waals surface area (Å²) in [6.45, 7) is 0. The van der Waals surface area contributed by atoms with Crippen LogP contribution in [0.25, 0.3) is 21.5 Å². The molecule has 8 heteroatoms. The van der Waals surface area contributed by atoms with Crippen LogP contribution in [0.1, 0.15) is 11.4 Å². The quantitative estimate of drug-likeness (QED) is 0.445. The van der Waals surface area contributed by atoms with Crippen LogP contribution in [0.5, 0.6) is 0 Å². The normalized spacial score (nSPS) is 11.0. The van der Waals surface area contributed by atoms with E-state index in [4.69, 9.17) is 4.42 Å². The highest BCUT2D eigenvalue weighted by atomic mass is 32.1. The third-order valence-corrected chi connectivity index (χ3v) is 4.67. The van der Waals surface area contributed by atoms with Gasteiger partial charge in [-0.1, -0.05) is 12.1 Å². The fourth-order valence-electron chi connectivity index (χ4n) is 2.62. The number of rotatable bonds is 4. The maximum absolute atomic E-state index is 12.5. The van der Waals surface area contributed by atoms with Crippen molar-refractivity contribution >= 4 is 27.2 Å². The Bertz CT molecular complexity index is 1110. The number of hydrogen-bond donors (Lipinski definition) is 1. The van der Waals surface area contributed by atoms with Crippen LogP contribution in [0.3, 0.4) is 0 Å². The lowest BCUT2D eigenvalue weighted by Crippen LogP contribution is -2.11. The molecule has 0 amide bonds. The number of thiophene rings is 1. The molecule has 0 aliphatic rings. The lowest BCUT2D eigenvalue weighted by Gasteiger charge is -2.02. The molecule has 0 aliphatic heterocycles. The van der Waals surface area contributed by atoms with Crippen LogP contribution in [-0.2, 0) is 6.42 Å². The molecule has 3 heterocycles. The second kappa shape index (κ2) is 5.99. The van der Waals surface area contributed by atoms with Crippen LogP contribution in [0, 0.1) is 10.1 Å². The van der Waals surface area contributed by atoms with Crippen LogP contribution in [0.15, 0.2) is 57.3 Å². The number of nitro groups is 1. The molecule has 4 aromatic rings. The van der Waals surface area contributed by atoms with Crippen molar-refractivity contribution in [3.63, 3.8) is 0 Å². The first-order valence-corrected chi connectivity index (χ1v) is 8.27. The van der Waals surface area contributed by atoms with Gasteiger partial charge in [0.1, 0.15) is 16.4 Å². The molecule has 0 aliphatic carbocycles. The molecule has 4 rings (SSSR count). The summed E-state index contributed by atoms with van der Waals surface area (Å²) in [5.41, 5.74) is 1.35. The molecule has 1 aromatic carbocycles. The Kier molecular flexibility index (Phi) is 3.66. The van der Waals surface area contributed by atoms with Gasteiger partial charge in [-0.25, -0.2) is 4.98 Å². The van der Waals surface area contributed by atoms with Crippen LogP contribution < -0.4 is 5.56 Å². The largest absolute Gasteiger partial charge is 0.464 e. The maximum Gasteiger partial charge on any atom is 0.269 e. The Balaban J connectivity index is 1.70. The van der Waals surface area contributed by atoms with Gasteiger partial charge < -0.3 is 9.40 Å². The average Bonchev–Trinajstić information content (AvgIpc) is 3.24. The summed E-state index contributed by atoms with van der Waals surface area (Å²) in [6.07, 6.45) is 1.95. The van der Waals surface area contributed by atoms with E-state index in [-0.39, 0.29) is 11.2 Å². The van der Waals surface area contributed by atoms with Crippen LogP contribution in [0.2, 0.25) is 0 Å². The summed E-state index contributed by atoms with van der Waals surface area (Å²) in [5.74, 6) is 1.14. The van der Waals surface area contributed by atoms with E-state index < -0.39 is 4.92 Å². The molecule has 0 saturated carbocycles. The molecule has 0 fully saturated rings. The summed E-state index contributed by atoms with van der Waals surface area (Å²) in [4.78, 5) is 30.7. The predicted molar refractivity (Wildman–Crippen MR) is 93.8 cm³/mol. The van der Waals surface area contributed by atoms with E-state index in [0.29, 0.717) is 28.2 Å². The molecule has 124 valence electrons. The molecule has 0 radical (unpaired) electrons. The van der Waals surface area contributed by atoms with Gasteiger partial charge in [-0.05, 0) is 17.7 Å². The van der Waals surface area contributed by atoms with Gasteiger partial charge in [0, 0.05) is 29.5 Å². The van der Waals surface area contributed by atoms with Crippen molar-refractivity contribution in [1.29, 1.82) is 0 Å². The van der Waals surface area contributed by atoms with Crippen molar-refractivity contribution in [2.24, 2.45) is 0 Å². The molecule has 7 nitrogen and oxygen atoms in total. The number of H-pyrrole nitrogens is 1. The number of furan rings is 1. The highest BCUT2D eigenvalue weighted by Crippen LogP contribution is 2.31. The SMILES string of the molecule is O=c1[nH]c(Cc2ccc([N+](=O)[O-])cc2)nc2scc(-c3ccco3)c12. The molecular formula is C17H11N3O4S. The number of aromatic amines is 1. The van der Waals surface area contributed by atoms with Crippen LogP contribution in [0.4, 0.5) is 5.69 Å². The monoisotopic (exact) mass is 353 g/mol. The van der Waals surface area contributed by atoms with Crippen LogP contribution >= 0.6 is 11.3 Å². The van der Waals surface area contributed by atoms with E-state index in [0.717, 1.165) is 11.1 Å². The topological polar surface area (TPSA) is 102 Å². The van der Waals surface area contributed by atoms with E-state index in [1.807, 2.05) is 5.38 Å². The molecule has 0 spiro atoms. The van der Waals surface area contributed by atoms with Gasteiger partial charge in [-0.3, -0.25) is 14.9 Å². The van der Waals surface area contributed by atoms with Gasteiger partial charge in [0.05, 0.1) is 16.6 Å². The highest BCUT2D eigenvalue weighted by Gasteiger charge is 2.15. The Labute approximate surface area is 144 Å². The third kappa shape index (κ3) is 2.83. The number of benzene rings is 1. The third-order valence-electron chi connectivity index (χ3n) is 3.80. The second-order valence-electron chi connectivity index (χ2n) is 5.42. The zero-order valence-corrected chi connectivity index (χ0v) is 13.6. The maximum atomic E-state index is 12.5. The number of fused-ring (bicyclic) bond motifs is 1. The summed E-state index contributed by atoms with van der Waals surface area (Å²) >= 11 is 1.38. The minimum Gasteiger partial charge on any atom is -0.464 e. The first-order valence-electron chi connectivity index (χ1n) is 7.39. The summed E-state index contributed by atoms with van der Waals surface area (Å²) in [5, 5.41) is 13.1. The fourth-order valence-corrected chi connectivity index (χ4v) is 3.57. The minimum absolute atomic E-state index is 0.0296. The standard InChI is InChI=1S/C17H11N3O4S/c21-16-15-12(13-2-1-7-24-13)9-25-17(15)19-14(18-16)8-10-3-5-11(6-4-10)20(22)23/h1-7,9H,8H2,(H,18,19,21). The van der Waals surface area contributed by atoms with Crippen molar-refractivity contribution in [3.05, 3.63) is 79.9 Å². The lowest BCUT2D eigenvalue weighted by molar-refractivity contribution is -0.384. The Hall–Kier alpha value is -3.26. The number of nitrogens with zero attached hydrogens (tertiary/aromatic N) is 2. The number of hydrogen-bond acceptors (Lipinski definition) is 6. The summed E-state index contributed by atoms with van der Waals surface area (Å²) in [7, 11) is 0. The average molecular weight is 353 g/mol. The summed E-state index contributed by atoms with van der Waals surface area (Å²) in [6, 6.07) is 9.75. The van der Waals surface area contributed by atoms with E-state index in [2.05, 4.69) is 9.97 Å². The van der Waals surface area contributed by atoms with Gasteiger partial charge in [-0.15, -0.1) is 11.3 Å². The second-order valence-corrected chi connectivity index (χ2v) is 6.28. The van der Waals surface area contributed by atoms with Crippen molar-refractivity contribution in [1.82, 2.24) is 9.97 Å². The van der Waals surface area contributed by atoms with E-state index in [9.17, 15) is 14.9 Å². The molecular weight excluding hydrogens is 342 g/mol. The molecule has 3 aromatic heterocycles. The lowest BCUT2D eigenvalue weighted by atomic mass is 10.1. The Morgan fingerprint density at radius 2 is 2.04 bits per heavy atom. The predicted octanol–water partition coefficient (Wildman–Crippen LogP) is 3.74. The van der Waals surface area contributed by atoms with Gasteiger partial charge >= 0.3 is 0 Å². The molecule has 25 heavy (non-hydrogen) atoms. The Morgan fingerprint density at radius 1 is 1.24 bits per heavy atom. The summed E-state index contributed by atoms with van der Waals surface area (Å²) < 4.78 is 5.37. The van der Waals surface area contributed by atoms with E-state index >= 15 is 0 Å². The Morgan fingerprint density at radius 3 is 2.72 bits per heavy atom. The molecule has 0 bridgehead atoms. The number of nitrogens with one attached hydrogen (secondary N) is 1. The van der Waals surface area contributed by atoms with Gasteiger partial charge in [-0.2, -0.15) is 0 Å². The van der Waals surface area contributed by atoms with Crippen molar-refractivity contribution in [2.45, 2.75) is 6.42 Å². The van der Waals surface area contributed by atoms with E-state index in [1.165, 1.54) is 23.5 Å². The first kappa shape index (κ1) is 15.3. The zero-order valence-electron chi connectivity index (χ0n) is 12.8. The van der Waals surface area contributed by atoms with Crippen LogP contribution in [-0.4, -0.2) is 14.9 Å². The first-order chi connectivity index (χ1) is 12.1. The van der Waals surface area contributed by atoms with Gasteiger partial charge in [0.15, 0.2) is 0 Å². The van der Waals surface area contributed by atoms with Crippen molar-refractivity contribution in [2.75, 3.05) is 0 Å². The molecule has 1 N–H and O–H groups in total. The minimum atomic E-state index is -0.447. The molecule has 0 saturated heterocycles. The fraction of sp³-hybridized carbons (Fsp3) is 0.0588. The number of aromatic nitrogens is 2. The van der Waals surface area contributed by atoms with Gasteiger partial charge in [0.25, 0.3) is 11.2 Å². The highest BCUT2D eigenvalue weighted by molar-refractivity contribution is 7.17. The smallest absolute Gasteiger partial charge is 0.269 e. The number of nitro benzene ring substituents is 1.